The van der Waals surface area contributed by atoms with Gasteiger partial charge in [0.05, 0.1) is 5.56 Å². The van der Waals surface area contributed by atoms with E-state index in [9.17, 15) is 9.59 Å². The molecule has 0 bridgehead atoms. The minimum Gasteiger partial charge on any atom is -0.365 e. The minimum absolute atomic E-state index is 0.228. The molecule has 3 aromatic rings. The molecule has 5 heteroatoms. The van der Waals surface area contributed by atoms with Crippen LogP contribution < -0.4 is 11.1 Å². The lowest BCUT2D eigenvalue weighted by Gasteiger charge is -2.18. The zero-order valence-corrected chi connectivity index (χ0v) is 16.5. The normalized spacial score (nSPS) is 15.7. The zero-order valence-electron chi connectivity index (χ0n) is 15.7. The second-order valence-corrected chi connectivity index (χ2v) is 8.42. The van der Waals surface area contributed by atoms with Gasteiger partial charge < -0.3 is 11.1 Å². The molecule has 1 heterocycles. The highest BCUT2D eigenvalue weighted by Crippen LogP contribution is 2.39. The molecule has 1 atom stereocenters. The van der Waals surface area contributed by atoms with E-state index in [2.05, 4.69) is 12.2 Å². The highest BCUT2D eigenvalue weighted by molar-refractivity contribution is 7.17. The Labute approximate surface area is 168 Å². The largest absolute Gasteiger partial charge is 0.365 e. The first-order valence-corrected chi connectivity index (χ1v) is 10.3. The Morgan fingerprint density at radius 2 is 1.71 bits per heavy atom. The van der Waals surface area contributed by atoms with Gasteiger partial charge in [0.15, 0.2) is 0 Å². The first kappa shape index (κ1) is 18.4. The molecule has 0 spiro atoms. The van der Waals surface area contributed by atoms with Crippen molar-refractivity contribution in [2.45, 2.75) is 26.2 Å². The third-order valence-electron chi connectivity index (χ3n) is 5.24. The molecule has 2 aromatic carbocycles. The fourth-order valence-electron chi connectivity index (χ4n) is 3.73. The van der Waals surface area contributed by atoms with Crippen molar-refractivity contribution >= 4 is 28.2 Å². The Morgan fingerprint density at radius 3 is 2.39 bits per heavy atom. The van der Waals surface area contributed by atoms with E-state index in [4.69, 9.17) is 5.73 Å². The first-order valence-electron chi connectivity index (χ1n) is 9.44. The number of carbonyl (C=O) groups is 2. The molecule has 0 unspecified atom stereocenters. The van der Waals surface area contributed by atoms with E-state index in [1.807, 2.05) is 42.5 Å². The number of amides is 2. The van der Waals surface area contributed by atoms with Crippen LogP contribution in [0.4, 0.5) is 5.00 Å². The van der Waals surface area contributed by atoms with E-state index >= 15 is 0 Å². The van der Waals surface area contributed by atoms with Crippen LogP contribution in [-0.4, -0.2) is 11.8 Å². The predicted molar refractivity (Wildman–Crippen MR) is 114 cm³/mol. The van der Waals surface area contributed by atoms with Gasteiger partial charge in [0.1, 0.15) is 5.00 Å². The third-order valence-corrected chi connectivity index (χ3v) is 6.44. The highest BCUT2D eigenvalue weighted by atomic mass is 32.1. The summed E-state index contributed by atoms with van der Waals surface area (Å²) in [4.78, 5) is 26.0. The van der Waals surface area contributed by atoms with Crippen LogP contribution in [0.2, 0.25) is 0 Å². The van der Waals surface area contributed by atoms with Crippen LogP contribution in [-0.2, 0) is 12.8 Å². The topological polar surface area (TPSA) is 72.2 Å². The van der Waals surface area contributed by atoms with Gasteiger partial charge in [-0.3, -0.25) is 9.59 Å². The van der Waals surface area contributed by atoms with Crippen LogP contribution >= 0.6 is 11.3 Å². The average Bonchev–Trinajstić information content (AvgIpc) is 3.06. The molecular formula is C23H22N2O2S. The van der Waals surface area contributed by atoms with Crippen molar-refractivity contribution in [3.8, 4) is 11.1 Å². The van der Waals surface area contributed by atoms with E-state index in [-0.39, 0.29) is 5.91 Å². The SMILES string of the molecule is C[C@H]1CCc2sc(NC(=O)c3ccc(-c4ccccc4)cc3)c(C(N)=O)c2C1. The fraction of sp³-hybridized carbons (Fsp3) is 0.217. The highest BCUT2D eigenvalue weighted by Gasteiger charge is 2.27. The maximum absolute atomic E-state index is 12.8. The van der Waals surface area contributed by atoms with Gasteiger partial charge in [0.25, 0.3) is 11.8 Å². The molecule has 0 saturated carbocycles. The quantitative estimate of drug-likeness (QED) is 0.666. The number of aryl methyl sites for hydroxylation is 1. The van der Waals surface area contributed by atoms with E-state index in [1.54, 1.807) is 12.1 Å². The van der Waals surface area contributed by atoms with Crippen LogP contribution in [0.1, 0.15) is 44.5 Å². The monoisotopic (exact) mass is 390 g/mol. The van der Waals surface area contributed by atoms with Crippen LogP contribution in [0.5, 0.6) is 0 Å². The van der Waals surface area contributed by atoms with Gasteiger partial charge in [0.2, 0.25) is 0 Å². The van der Waals surface area contributed by atoms with Crippen molar-refractivity contribution in [1.82, 2.24) is 0 Å². The van der Waals surface area contributed by atoms with Crippen molar-refractivity contribution in [2.75, 3.05) is 5.32 Å². The molecule has 4 nitrogen and oxygen atoms in total. The van der Waals surface area contributed by atoms with Crippen LogP contribution in [0.3, 0.4) is 0 Å². The number of benzene rings is 2. The third kappa shape index (κ3) is 3.58. The number of fused-ring (bicyclic) bond motifs is 1. The Kier molecular flexibility index (Phi) is 5.01. The molecule has 0 saturated heterocycles. The molecule has 0 fully saturated rings. The number of hydrogen-bond donors (Lipinski definition) is 2. The van der Waals surface area contributed by atoms with E-state index in [0.29, 0.717) is 22.0 Å². The summed E-state index contributed by atoms with van der Waals surface area (Å²) in [6.07, 6.45) is 2.87. The van der Waals surface area contributed by atoms with Crippen LogP contribution in [0.15, 0.2) is 54.6 Å². The summed E-state index contributed by atoms with van der Waals surface area (Å²) in [7, 11) is 0. The maximum Gasteiger partial charge on any atom is 0.256 e. The zero-order chi connectivity index (χ0) is 19.7. The molecule has 3 N–H and O–H groups in total. The van der Waals surface area contributed by atoms with Gasteiger partial charge in [-0.2, -0.15) is 0 Å². The van der Waals surface area contributed by atoms with E-state index in [0.717, 1.165) is 36.0 Å². The molecule has 1 aliphatic rings. The Bertz CT molecular complexity index is 1020. The summed E-state index contributed by atoms with van der Waals surface area (Å²) in [6, 6.07) is 17.5. The van der Waals surface area contributed by atoms with Gasteiger partial charge in [-0.15, -0.1) is 11.3 Å². The number of primary amides is 1. The molecule has 28 heavy (non-hydrogen) atoms. The average molecular weight is 391 g/mol. The van der Waals surface area contributed by atoms with Crippen LogP contribution in [0.25, 0.3) is 11.1 Å². The van der Waals surface area contributed by atoms with Gasteiger partial charge in [-0.05, 0) is 54.0 Å². The Morgan fingerprint density at radius 1 is 1.04 bits per heavy atom. The van der Waals surface area contributed by atoms with E-state index < -0.39 is 5.91 Å². The minimum atomic E-state index is -0.471. The lowest BCUT2D eigenvalue weighted by Crippen LogP contribution is -2.19. The molecule has 142 valence electrons. The standard InChI is InChI=1S/C23H22N2O2S/c1-14-7-12-19-18(13-14)20(21(24)26)23(28-19)25-22(27)17-10-8-16(9-11-17)15-5-3-2-4-6-15/h2-6,8-11,14H,7,12-13H2,1H3,(H2,24,26)(H,25,27)/t14-/m0/s1. The predicted octanol–water partition coefficient (Wildman–Crippen LogP) is 4.89. The van der Waals surface area contributed by atoms with Crippen molar-refractivity contribution in [3.63, 3.8) is 0 Å². The fourth-order valence-corrected chi connectivity index (χ4v) is 4.97. The Hall–Kier alpha value is -2.92. The number of carbonyl (C=O) groups excluding carboxylic acids is 2. The molecule has 0 aliphatic heterocycles. The Balaban J connectivity index is 1.58. The summed E-state index contributed by atoms with van der Waals surface area (Å²) >= 11 is 1.48. The van der Waals surface area contributed by atoms with Crippen molar-refractivity contribution in [3.05, 3.63) is 76.2 Å². The van der Waals surface area contributed by atoms with Crippen molar-refractivity contribution in [2.24, 2.45) is 11.7 Å². The number of nitrogens with one attached hydrogen (secondary N) is 1. The summed E-state index contributed by atoms with van der Waals surface area (Å²) in [5.74, 6) is -0.177. The van der Waals surface area contributed by atoms with E-state index in [1.165, 1.54) is 16.2 Å². The maximum atomic E-state index is 12.8. The number of nitrogens with two attached hydrogens (primary N) is 1. The number of rotatable bonds is 4. The second-order valence-electron chi connectivity index (χ2n) is 7.32. The van der Waals surface area contributed by atoms with Gasteiger partial charge in [-0.25, -0.2) is 0 Å². The lowest BCUT2D eigenvalue weighted by molar-refractivity contribution is 0.1000. The molecule has 4 rings (SSSR count). The van der Waals surface area contributed by atoms with Crippen molar-refractivity contribution < 1.29 is 9.59 Å². The lowest BCUT2D eigenvalue weighted by atomic mass is 9.87. The smallest absolute Gasteiger partial charge is 0.256 e. The number of anilines is 1. The summed E-state index contributed by atoms with van der Waals surface area (Å²) in [6.45, 7) is 2.18. The number of thiophene rings is 1. The molecule has 1 aromatic heterocycles. The summed E-state index contributed by atoms with van der Waals surface area (Å²) in [5, 5.41) is 3.49. The van der Waals surface area contributed by atoms with Gasteiger partial charge in [-0.1, -0.05) is 49.4 Å². The molecule has 1 aliphatic carbocycles. The molecule has 0 radical (unpaired) electrons. The first-order chi connectivity index (χ1) is 13.5. The summed E-state index contributed by atoms with van der Waals surface area (Å²) in [5.41, 5.74) is 9.85. The van der Waals surface area contributed by atoms with Gasteiger partial charge >= 0.3 is 0 Å². The van der Waals surface area contributed by atoms with Gasteiger partial charge in [0, 0.05) is 10.4 Å². The number of hydrogen-bond acceptors (Lipinski definition) is 3. The summed E-state index contributed by atoms with van der Waals surface area (Å²) < 4.78 is 0. The molecular weight excluding hydrogens is 368 g/mol. The van der Waals surface area contributed by atoms with Crippen LogP contribution in [0, 0.1) is 5.92 Å². The molecule has 2 amide bonds. The second kappa shape index (κ2) is 7.60. The van der Waals surface area contributed by atoms with Crippen molar-refractivity contribution in [1.29, 1.82) is 0 Å².